The van der Waals surface area contributed by atoms with Crippen molar-refractivity contribution in [1.29, 1.82) is 0 Å². The molecule has 1 atom stereocenters. The van der Waals surface area contributed by atoms with Gasteiger partial charge in [0.15, 0.2) is 0 Å². The number of nitrogens with one attached hydrogen (secondary N) is 1. The van der Waals surface area contributed by atoms with Crippen molar-refractivity contribution in [2.45, 2.75) is 12.3 Å². The second-order valence-electron chi connectivity index (χ2n) is 3.63. The van der Waals surface area contributed by atoms with Gasteiger partial charge in [0.1, 0.15) is 5.38 Å². The number of hydrogen-bond donors (Lipinski definition) is 1. The van der Waals surface area contributed by atoms with Crippen LogP contribution in [-0.2, 0) is 4.79 Å². The van der Waals surface area contributed by atoms with Crippen molar-refractivity contribution in [3.8, 4) is 0 Å². The van der Waals surface area contributed by atoms with E-state index in [1.54, 1.807) is 6.92 Å². The van der Waals surface area contributed by atoms with E-state index in [1.165, 1.54) is 0 Å². The van der Waals surface area contributed by atoms with Crippen LogP contribution in [0.4, 0.5) is 5.69 Å². The molecule has 3 heteroatoms. The lowest BCUT2D eigenvalue weighted by atomic mass is 10.1. The van der Waals surface area contributed by atoms with Crippen molar-refractivity contribution >= 4 is 34.0 Å². The van der Waals surface area contributed by atoms with Gasteiger partial charge in [0.05, 0.1) is 0 Å². The standard InChI is InChI=1S/C13H12ClNO/c1-9(14)13(16)15-12-8-4-6-10-5-2-3-7-11(10)12/h2-9H,1H3,(H,15,16)/t9-/m0/s1. The Labute approximate surface area is 99.2 Å². The number of benzene rings is 2. The van der Waals surface area contributed by atoms with Crippen molar-refractivity contribution in [2.24, 2.45) is 0 Å². The molecular formula is C13H12ClNO. The molecule has 0 heterocycles. The van der Waals surface area contributed by atoms with Crippen molar-refractivity contribution in [3.63, 3.8) is 0 Å². The fourth-order valence-electron chi connectivity index (χ4n) is 1.57. The Morgan fingerprint density at radius 2 is 1.88 bits per heavy atom. The van der Waals surface area contributed by atoms with E-state index in [4.69, 9.17) is 11.6 Å². The zero-order chi connectivity index (χ0) is 11.5. The Hall–Kier alpha value is -1.54. The average Bonchev–Trinajstić information content (AvgIpc) is 2.29. The summed E-state index contributed by atoms with van der Waals surface area (Å²) in [5.41, 5.74) is 0.801. The highest BCUT2D eigenvalue weighted by atomic mass is 35.5. The van der Waals surface area contributed by atoms with Crippen molar-refractivity contribution in [2.75, 3.05) is 5.32 Å². The summed E-state index contributed by atoms with van der Waals surface area (Å²) in [6.45, 7) is 1.65. The molecule has 0 aromatic heterocycles. The number of amides is 1. The molecule has 0 fully saturated rings. The fourth-order valence-corrected chi connectivity index (χ4v) is 1.62. The molecule has 2 aromatic carbocycles. The van der Waals surface area contributed by atoms with Gasteiger partial charge in [-0.15, -0.1) is 11.6 Å². The summed E-state index contributed by atoms with van der Waals surface area (Å²) in [7, 11) is 0. The molecule has 0 radical (unpaired) electrons. The van der Waals surface area contributed by atoms with E-state index in [-0.39, 0.29) is 5.91 Å². The smallest absolute Gasteiger partial charge is 0.242 e. The summed E-state index contributed by atoms with van der Waals surface area (Å²) in [5, 5.41) is 4.41. The first-order chi connectivity index (χ1) is 7.68. The van der Waals surface area contributed by atoms with E-state index in [0.29, 0.717) is 0 Å². The van der Waals surface area contributed by atoms with Gasteiger partial charge in [0.25, 0.3) is 0 Å². The summed E-state index contributed by atoms with van der Waals surface area (Å²) in [6.07, 6.45) is 0. The third-order valence-electron chi connectivity index (χ3n) is 2.41. The van der Waals surface area contributed by atoms with Gasteiger partial charge in [0, 0.05) is 11.1 Å². The maximum Gasteiger partial charge on any atom is 0.242 e. The van der Waals surface area contributed by atoms with Crippen LogP contribution < -0.4 is 5.32 Å². The molecule has 0 aliphatic heterocycles. The molecule has 0 unspecified atom stereocenters. The number of hydrogen-bond acceptors (Lipinski definition) is 1. The maximum atomic E-state index is 11.5. The summed E-state index contributed by atoms with van der Waals surface area (Å²) < 4.78 is 0. The topological polar surface area (TPSA) is 29.1 Å². The number of rotatable bonds is 2. The van der Waals surface area contributed by atoms with Gasteiger partial charge >= 0.3 is 0 Å². The Kier molecular flexibility index (Phi) is 3.11. The lowest BCUT2D eigenvalue weighted by Gasteiger charge is -2.09. The van der Waals surface area contributed by atoms with E-state index < -0.39 is 5.38 Å². The minimum absolute atomic E-state index is 0.182. The molecule has 2 rings (SSSR count). The number of halogens is 1. The molecule has 16 heavy (non-hydrogen) atoms. The number of carbonyl (C=O) groups is 1. The molecule has 1 N–H and O–H groups in total. The summed E-state index contributed by atoms with van der Waals surface area (Å²) >= 11 is 5.72. The average molecular weight is 234 g/mol. The van der Waals surface area contributed by atoms with Crippen LogP contribution >= 0.6 is 11.6 Å². The molecule has 1 amide bonds. The van der Waals surface area contributed by atoms with Crippen LogP contribution in [0.5, 0.6) is 0 Å². The van der Waals surface area contributed by atoms with Crippen LogP contribution in [0.1, 0.15) is 6.92 Å². The highest BCUT2D eigenvalue weighted by Crippen LogP contribution is 2.23. The lowest BCUT2D eigenvalue weighted by Crippen LogP contribution is -2.20. The molecule has 0 saturated heterocycles. The Balaban J connectivity index is 2.41. The van der Waals surface area contributed by atoms with Crippen LogP contribution in [0.15, 0.2) is 42.5 Å². The molecule has 2 nitrogen and oxygen atoms in total. The molecule has 2 aromatic rings. The van der Waals surface area contributed by atoms with E-state index >= 15 is 0 Å². The molecule has 82 valence electrons. The second-order valence-corrected chi connectivity index (χ2v) is 4.29. The highest BCUT2D eigenvalue weighted by Gasteiger charge is 2.10. The first kappa shape index (κ1) is 11.0. The fraction of sp³-hybridized carbons (Fsp3) is 0.154. The van der Waals surface area contributed by atoms with Gasteiger partial charge in [-0.3, -0.25) is 4.79 Å². The first-order valence-electron chi connectivity index (χ1n) is 5.11. The lowest BCUT2D eigenvalue weighted by molar-refractivity contribution is -0.115. The van der Waals surface area contributed by atoms with Gasteiger partial charge < -0.3 is 5.32 Å². The largest absolute Gasteiger partial charge is 0.324 e. The van der Waals surface area contributed by atoms with Crippen LogP contribution in [-0.4, -0.2) is 11.3 Å². The normalized spacial score (nSPS) is 12.4. The third-order valence-corrected chi connectivity index (χ3v) is 2.61. The van der Waals surface area contributed by atoms with Gasteiger partial charge in [-0.1, -0.05) is 36.4 Å². The van der Waals surface area contributed by atoms with Gasteiger partial charge in [-0.25, -0.2) is 0 Å². The van der Waals surface area contributed by atoms with Gasteiger partial charge in [0.2, 0.25) is 5.91 Å². The minimum atomic E-state index is -0.529. The van der Waals surface area contributed by atoms with Gasteiger partial charge in [-0.2, -0.15) is 0 Å². The maximum absolute atomic E-state index is 11.5. The van der Waals surface area contributed by atoms with E-state index in [2.05, 4.69) is 5.32 Å². The molecular weight excluding hydrogens is 222 g/mol. The quantitative estimate of drug-likeness (QED) is 0.792. The Morgan fingerprint density at radius 3 is 2.62 bits per heavy atom. The predicted octanol–water partition coefficient (Wildman–Crippen LogP) is 3.41. The van der Waals surface area contributed by atoms with E-state index in [0.717, 1.165) is 16.5 Å². The van der Waals surface area contributed by atoms with Crippen LogP contribution in [0.3, 0.4) is 0 Å². The van der Waals surface area contributed by atoms with Crippen LogP contribution in [0, 0.1) is 0 Å². The molecule has 0 bridgehead atoms. The SMILES string of the molecule is C[C@H](Cl)C(=O)Nc1cccc2ccccc12. The third kappa shape index (κ3) is 2.17. The first-order valence-corrected chi connectivity index (χ1v) is 5.55. The highest BCUT2D eigenvalue weighted by molar-refractivity contribution is 6.32. The molecule has 0 spiro atoms. The Morgan fingerprint density at radius 1 is 1.19 bits per heavy atom. The number of anilines is 1. The summed E-state index contributed by atoms with van der Waals surface area (Å²) in [5.74, 6) is -0.182. The van der Waals surface area contributed by atoms with Crippen molar-refractivity contribution in [3.05, 3.63) is 42.5 Å². The van der Waals surface area contributed by atoms with Crippen molar-refractivity contribution in [1.82, 2.24) is 0 Å². The molecule has 0 aliphatic rings. The monoisotopic (exact) mass is 233 g/mol. The summed E-state index contributed by atoms with van der Waals surface area (Å²) in [6, 6.07) is 13.7. The zero-order valence-electron chi connectivity index (χ0n) is 8.91. The van der Waals surface area contributed by atoms with E-state index in [1.807, 2.05) is 42.5 Å². The summed E-state index contributed by atoms with van der Waals surface area (Å²) in [4.78, 5) is 11.5. The molecule has 0 aliphatic carbocycles. The second kappa shape index (κ2) is 4.54. The molecule has 0 saturated carbocycles. The van der Waals surface area contributed by atoms with Crippen LogP contribution in [0.2, 0.25) is 0 Å². The zero-order valence-corrected chi connectivity index (χ0v) is 9.66. The van der Waals surface area contributed by atoms with Crippen molar-refractivity contribution < 1.29 is 4.79 Å². The van der Waals surface area contributed by atoms with Gasteiger partial charge in [-0.05, 0) is 18.4 Å². The predicted molar refractivity (Wildman–Crippen MR) is 67.9 cm³/mol. The number of fused-ring (bicyclic) bond motifs is 1. The van der Waals surface area contributed by atoms with Crippen LogP contribution in [0.25, 0.3) is 10.8 Å². The number of carbonyl (C=O) groups excluding carboxylic acids is 1. The Bertz CT molecular complexity index is 517. The van der Waals surface area contributed by atoms with E-state index in [9.17, 15) is 4.79 Å². The minimum Gasteiger partial charge on any atom is -0.324 e. The number of alkyl halides is 1.